The summed E-state index contributed by atoms with van der Waals surface area (Å²) in [5, 5.41) is 19.1. The predicted molar refractivity (Wildman–Crippen MR) is 66.9 cm³/mol. The van der Waals surface area contributed by atoms with E-state index in [1.54, 1.807) is 0 Å². The van der Waals surface area contributed by atoms with Crippen LogP contribution in [0.2, 0.25) is 0 Å². The van der Waals surface area contributed by atoms with Gasteiger partial charge in [-0.05, 0) is 30.9 Å². The SMILES string of the molecule is O=C(O)c1cc(F)c(F)cc1C(=O)N1CC(O)(C2CC2)C1. The molecule has 0 unspecified atom stereocenters. The van der Waals surface area contributed by atoms with E-state index in [4.69, 9.17) is 5.11 Å². The Morgan fingerprint density at radius 3 is 2.14 bits per heavy atom. The first-order chi connectivity index (χ1) is 9.82. The molecular formula is C14H13F2NO4. The number of benzene rings is 1. The van der Waals surface area contributed by atoms with Gasteiger partial charge in [0.2, 0.25) is 0 Å². The van der Waals surface area contributed by atoms with Crippen LogP contribution < -0.4 is 0 Å². The average molecular weight is 297 g/mol. The molecule has 2 N–H and O–H groups in total. The Balaban J connectivity index is 1.85. The molecule has 5 nitrogen and oxygen atoms in total. The molecule has 0 radical (unpaired) electrons. The summed E-state index contributed by atoms with van der Waals surface area (Å²) in [5.41, 5.74) is -1.91. The third kappa shape index (κ3) is 2.27. The molecule has 1 aliphatic carbocycles. The van der Waals surface area contributed by atoms with Crippen molar-refractivity contribution in [2.45, 2.75) is 18.4 Å². The number of hydrogen-bond donors (Lipinski definition) is 2. The number of carbonyl (C=O) groups is 2. The highest BCUT2D eigenvalue weighted by atomic mass is 19.2. The van der Waals surface area contributed by atoms with Gasteiger partial charge < -0.3 is 15.1 Å². The zero-order chi connectivity index (χ0) is 15.4. The van der Waals surface area contributed by atoms with Crippen molar-refractivity contribution in [3.05, 3.63) is 34.9 Å². The van der Waals surface area contributed by atoms with Gasteiger partial charge in [-0.3, -0.25) is 4.79 Å². The molecule has 21 heavy (non-hydrogen) atoms. The molecule has 1 aromatic rings. The molecule has 112 valence electrons. The Kier molecular flexibility index (Phi) is 2.98. The Bertz CT molecular complexity index is 636. The highest BCUT2D eigenvalue weighted by Crippen LogP contribution is 2.44. The lowest BCUT2D eigenvalue weighted by Gasteiger charge is -2.47. The fourth-order valence-corrected chi connectivity index (χ4v) is 2.71. The second kappa shape index (κ2) is 4.49. The Morgan fingerprint density at radius 2 is 1.67 bits per heavy atom. The van der Waals surface area contributed by atoms with E-state index >= 15 is 0 Å². The smallest absolute Gasteiger partial charge is 0.336 e. The van der Waals surface area contributed by atoms with Crippen molar-refractivity contribution in [1.29, 1.82) is 0 Å². The number of carboxylic acids is 1. The van der Waals surface area contributed by atoms with Gasteiger partial charge in [0.25, 0.3) is 5.91 Å². The lowest BCUT2D eigenvalue weighted by atomic mass is 9.88. The maximum atomic E-state index is 13.3. The quantitative estimate of drug-likeness (QED) is 0.880. The molecule has 1 heterocycles. The van der Waals surface area contributed by atoms with E-state index in [0.717, 1.165) is 12.8 Å². The molecule has 2 fully saturated rings. The third-order valence-corrected chi connectivity index (χ3v) is 4.08. The zero-order valence-corrected chi connectivity index (χ0v) is 11.0. The largest absolute Gasteiger partial charge is 0.478 e. The standard InChI is InChI=1S/C14H13F2NO4/c15-10-3-8(9(13(19)20)4-11(10)16)12(18)17-5-14(21,6-17)7-1-2-7/h3-4,7,21H,1-2,5-6H2,(H,19,20). The Morgan fingerprint density at radius 1 is 1.14 bits per heavy atom. The van der Waals surface area contributed by atoms with Crippen molar-refractivity contribution in [2.24, 2.45) is 5.92 Å². The van der Waals surface area contributed by atoms with E-state index in [2.05, 4.69) is 0 Å². The minimum Gasteiger partial charge on any atom is -0.478 e. The fraction of sp³-hybridized carbons (Fsp3) is 0.429. The summed E-state index contributed by atoms with van der Waals surface area (Å²) < 4.78 is 26.4. The van der Waals surface area contributed by atoms with Crippen LogP contribution in [-0.4, -0.2) is 45.7 Å². The molecule has 1 amide bonds. The van der Waals surface area contributed by atoms with Crippen LogP contribution in [0.4, 0.5) is 8.78 Å². The average Bonchev–Trinajstić information content (AvgIpc) is 3.21. The fourth-order valence-electron chi connectivity index (χ4n) is 2.71. The number of hydrogen-bond acceptors (Lipinski definition) is 3. The maximum Gasteiger partial charge on any atom is 0.336 e. The lowest BCUT2D eigenvalue weighted by molar-refractivity contribution is -0.0958. The molecule has 1 aliphatic heterocycles. The van der Waals surface area contributed by atoms with Gasteiger partial charge in [-0.1, -0.05) is 0 Å². The van der Waals surface area contributed by atoms with Crippen molar-refractivity contribution in [3.8, 4) is 0 Å². The first kappa shape index (κ1) is 13.9. The van der Waals surface area contributed by atoms with Crippen LogP contribution in [0.3, 0.4) is 0 Å². The van der Waals surface area contributed by atoms with E-state index in [9.17, 15) is 23.5 Å². The highest BCUT2D eigenvalue weighted by molar-refractivity contribution is 6.05. The summed E-state index contributed by atoms with van der Waals surface area (Å²) in [5.74, 6) is -4.64. The summed E-state index contributed by atoms with van der Waals surface area (Å²) >= 11 is 0. The summed E-state index contributed by atoms with van der Waals surface area (Å²) in [7, 11) is 0. The van der Waals surface area contributed by atoms with Gasteiger partial charge >= 0.3 is 5.97 Å². The van der Waals surface area contributed by atoms with Gasteiger partial charge in [-0.15, -0.1) is 0 Å². The van der Waals surface area contributed by atoms with Crippen LogP contribution in [0.25, 0.3) is 0 Å². The molecule has 2 aliphatic rings. The van der Waals surface area contributed by atoms with Crippen molar-refractivity contribution in [2.75, 3.05) is 13.1 Å². The molecule has 7 heteroatoms. The number of amides is 1. The van der Waals surface area contributed by atoms with Crippen LogP contribution in [-0.2, 0) is 0 Å². The van der Waals surface area contributed by atoms with Gasteiger partial charge in [0.15, 0.2) is 11.6 Å². The molecule has 1 saturated carbocycles. The number of likely N-dealkylation sites (tertiary alicyclic amines) is 1. The van der Waals surface area contributed by atoms with Gasteiger partial charge in [0.05, 0.1) is 24.2 Å². The van der Waals surface area contributed by atoms with E-state index in [0.29, 0.717) is 12.1 Å². The molecular weight excluding hydrogens is 284 g/mol. The van der Waals surface area contributed by atoms with Crippen molar-refractivity contribution >= 4 is 11.9 Å². The van der Waals surface area contributed by atoms with E-state index in [1.165, 1.54) is 4.90 Å². The van der Waals surface area contributed by atoms with E-state index < -0.39 is 40.2 Å². The number of halogens is 2. The first-order valence-electron chi connectivity index (χ1n) is 6.56. The van der Waals surface area contributed by atoms with Gasteiger partial charge in [0.1, 0.15) is 5.60 Å². The minimum atomic E-state index is -1.50. The minimum absolute atomic E-state index is 0.0918. The summed E-state index contributed by atoms with van der Waals surface area (Å²) in [6.07, 6.45) is 1.81. The van der Waals surface area contributed by atoms with Crippen LogP contribution >= 0.6 is 0 Å². The van der Waals surface area contributed by atoms with Crippen molar-refractivity contribution in [1.82, 2.24) is 4.90 Å². The van der Waals surface area contributed by atoms with Crippen LogP contribution in [0.5, 0.6) is 0 Å². The number of nitrogens with zero attached hydrogens (tertiary/aromatic N) is 1. The lowest BCUT2D eigenvalue weighted by Crippen LogP contribution is -2.64. The summed E-state index contributed by atoms with van der Waals surface area (Å²) in [4.78, 5) is 24.5. The highest BCUT2D eigenvalue weighted by Gasteiger charge is 2.53. The molecule has 0 atom stereocenters. The molecule has 0 spiro atoms. The molecule has 0 bridgehead atoms. The normalized spacial score (nSPS) is 20.0. The van der Waals surface area contributed by atoms with Crippen LogP contribution in [0.15, 0.2) is 12.1 Å². The Labute approximate surface area is 118 Å². The number of carbonyl (C=O) groups excluding carboxylic acids is 1. The number of β-amino-alcohol motifs (C(OH)–C–C–N with tert-alkyl or cyclic N) is 1. The monoisotopic (exact) mass is 297 g/mol. The maximum absolute atomic E-state index is 13.3. The molecule has 1 aromatic carbocycles. The van der Waals surface area contributed by atoms with Crippen molar-refractivity contribution in [3.63, 3.8) is 0 Å². The number of rotatable bonds is 3. The topological polar surface area (TPSA) is 77.8 Å². The second-order valence-corrected chi connectivity index (χ2v) is 5.66. The van der Waals surface area contributed by atoms with E-state index in [-0.39, 0.29) is 19.0 Å². The van der Waals surface area contributed by atoms with Crippen LogP contribution in [0, 0.1) is 17.6 Å². The predicted octanol–water partition coefficient (Wildman–Crippen LogP) is 1.26. The van der Waals surface area contributed by atoms with E-state index in [1.807, 2.05) is 0 Å². The van der Waals surface area contributed by atoms with Crippen LogP contribution in [0.1, 0.15) is 33.6 Å². The summed E-state index contributed by atoms with van der Waals surface area (Å²) in [6.45, 7) is 0.184. The summed E-state index contributed by atoms with van der Waals surface area (Å²) in [6, 6.07) is 1.09. The number of aromatic carboxylic acids is 1. The third-order valence-electron chi connectivity index (χ3n) is 4.08. The zero-order valence-electron chi connectivity index (χ0n) is 11.0. The second-order valence-electron chi connectivity index (χ2n) is 5.66. The molecule has 1 saturated heterocycles. The van der Waals surface area contributed by atoms with Crippen molar-refractivity contribution < 1.29 is 28.6 Å². The molecule has 0 aromatic heterocycles. The Hall–Kier alpha value is -2.02. The van der Waals surface area contributed by atoms with Gasteiger partial charge in [-0.25, -0.2) is 13.6 Å². The van der Waals surface area contributed by atoms with Gasteiger partial charge in [0, 0.05) is 0 Å². The number of carboxylic acid groups (broad SMARTS) is 1. The van der Waals surface area contributed by atoms with Gasteiger partial charge in [-0.2, -0.15) is 0 Å². The number of aliphatic hydroxyl groups is 1. The molecule has 3 rings (SSSR count). The first-order valence-corrected chi connectivity index (χ1v) is 6.56.